The van der Waals surface area contributed by atoms with Crippen molar-refractivity contribution in [1.82, 2.24) is 0 Å². The third-order valence-electron chi connectivity index (χ3n) is 3.27. The van der Waals surface area contributed by atoms with Gasteiger partial charge in [-0.2, -0.15) is 0 Å². The lowest BCUT2D eigenvalue weighted by atomic mass is 10.1. The van der Waals surface area contributed by atoms with Gasteiger partial charge in [0.1, 0.15) is 0 Å². The van der Waals surface area contributed by atoms with Crippen molar-refractivity contribution in [3.63, 3.8) is 0 Å². The summed E-state index contributed by atoms with van der Waals surface area (Å²) in [6.45, 7) is 2.49. The molecule has 0 amide bonds. The number of benzene rings is 2. The topological polar surface area (TPSA) is 26.3 Å². The lowest BCUT2D eigenvalue weighted by Crippen LogP contribution is -2.10. The molecule has 0 saturated heterocycles. The quantitative estimate of drug-likeness (QED) is 0.618. The molecule has 0 bridgehead atoms. The Balaban J connectivity index is 2.03. The number of hydrogen-bond donors (Lipinski definition) is 0. The van der Waals surface area contributed by atoms with Crippen molar-refractivity contribution in [1.29, 1.82) is 0 Å². The van der Waals surface area contributed by atoms with E-state index in [4.69, 9.17) is 4.74 Å². The first-order valence-corrected chi connectivity index (χ1v) is 7.00. The van der Waals surface area contributed by atoms with Crippen molar-refractivity contribution in [2.75, 3.05) is 0 Å². The van der Waals surface area contributed by atoms with Gasteiger partial charge in [-0.05, 0) is 37.0 Å². The van der Waals surface area contributed by atoms with Crippen molar-refractivity contribution in [3.05, 3.63) is 71.3 Å². The summed E-state index contributed by atoms with van der Waals surface area (Å²) in [5.41, 5.74) is 3.31. The summed E-state index contributed by atoms with van der Waals surface area (Å²) in [5, 5.41) is 0. The molecule has 0 N–H and O–H groups in total. The number of carbonyl (C=O) groups excluding carboxylic acids is 1. The molecule has 2 aromatic carbocycles. The zero-order valence-electron chi connectivity index (χ0n) is 12.1. The molecule has 0 aliphatic rings. The van der Waals surface area contributed by atoms with E-state index >= 15 is 0 Å². The smallest absolute Gasteiger partial charge is 0.294 e. The van der Waals surface area contributed by atoms with Crippen LogP contribution in [0.1, 0.15) is 23.1 Å². The summed E-state index contributed by atoms with van der Waals surface area (Å²) in [4.78, 5) is 10.6. The highest BCUT2D eigenvalue weighted by molar-refractivity contribution is 5.43. The van der Waals surface area contributed by atoms with Crippen molar-refractivity contribution in [2.45, 2.75) is 25.9 Å². The van der Waals surface area contributed by atoms with Crippen LogP contribution in [0.25, 0.3) is 0 Å². The highest BCUT2D eigenvalue weighted by Crippen LogP contribution is 2.08. The van der Waals surface area contributed by atoms with Crippen molar-refractivity contribution in [2.24, 2.45) is 0 Å². The van der Waals surface area contributed by atoms with E-state index < -0.39 is 0 Å². The molecule has 0 heterocycles. The van der Waals surface area contributed by atoms with Crippen LogP contribution in [-0.2, 0) is 16.0 Å². The molecule has 2 aromatic rings. The summed E-state index contributed by atoms with van der Waals surface area (Å²) in [5.74, 6) is 6.14. The minimum Gasteiger partial charge on any atom is -0.451 e. The molecule has 2 heteroatoms. The van der Waals surface area contributed by atoms with Crippen molar-refractivity contribution < 1.29 is 9.53 Å². The third kappa shape index (κ3) is 4.81. The molecular weight excluding hydrogens is 260 g/mol. The first-order valence-electron chi connectivity index (χ1n) is 7.00. The maximum Gasteiger partial charge on any atom is 0.294 e. The molecule has 0 fully saturated rings. The second-order valence-electron chi connectivity index (χ2n) is 4.83. The van der Waals surface area contributed by atoms with E-state index in [0.29, 0.717) is 12.9 Å². The molecule has 0 radical (unpaired) electrons. The number of ether oxygens (including phenoxy) is 1. The molecule has 2 rings (SSSR count). The van der Waals surface area contributed by atoms with Crippen LogP contribution in [0, 0.1) is 18.8 Å². The predicted octanol–water partition coefficient (Wildman–Crippen LogP) is 3.52. The highest BCUT2D eigenvalue weighted by atomic mass is 16.5. The number of aryl methyl sites for hydroxylation is 2. The Bertz CT molecular complexity index is 635. The molecule has 0 saturated carbocycles. The van der Waals surface area contributed by atoms with Gasteiger partial charge in [-0.1, -0.05) is 60.4 Å². The lowest BCUT2D eigenvalue weighted by Gasteiger charge is -2.08. The standard InChI is InChI=1S/C19H18O2/c1-16-7-5-6-10-18(16)12-14-19(21-15-20)13-11-17-8-3-2-4-9-17/h2-10,15,19H,11,13H2,1H3. The maximum absolute atomic E-state index is 10.6. The molecule has 2 nitrogen and oxygen atoms in total. The molecule has 0 aliphatic heterocycles. The van der Waals surface area contributed by atoms with Crippen molar-refractivity contribution >= 4 is 6.47 Å². The Morgan fingerprint density at radius 3 is 2.52 bits per heavy atom. The van der Waals surface area contributed by atoms with Gasteiger partial charge in [0.15, 0.2) is 6.10 Å². The van der Waals surface area contributed by atoms with Gasteiger partial charge in [-0.15, -0.1) is 0 Å². The molecule has 106 valence electrons. The zero-order valence-corrected chi connectivity index (χ0v) is 12.1. The number of hydrogen-bond acceptors (Lipinski definition) is 2. The van der Waals surface area contributed by atoms with Crippen LogP contribution in [0.15, 0.2) is 54.6 Å². The van der Waals surface area contributed by atoms with Gasteiger partial charge in [-0.25, -0.2) is 0 Å². The summed E-state index contributed by atoms with van der Waals surface area (Å²) in [6, 6.07) is 18.0. The number of rotatable bonds is 5. The summed E-state index contributed by atoms with van der Waals surface area (Å²) in [6.07, 6.45) is 1.16. The van der Waals surface area contributed by atoms with E-state index in [9.17, 15) is 4.79 Å². The molecule has 0 spiro atoms. The van der Waals surface area contributed by atoms with Crippen LogP contribution in [-0.4, -0.2) is 12.6 Å². The number of carbonyl (C=O) groups is 1. The average Bonchev–Trinajstić information content (AvgIpc) is 2.52. The largest absolute Gasteiger partial charge is 0.451 e. The van der Waals surface area contributed by atoms with Crippen LogP contribution in [0.2, 0.25) is 0 Å². The van der Waals surface area contributed by atoms with Crippen LogP contribution in [0.4, 0.5) is 0 Å². The van der Waals surface area contributed by atoms with Gasteiger partial charge in [-0.3, -0.25) is 4.79 Å². The average molecular weight is 278 g/mol. The molecule has 0 aromatic heterocycles. The Hall–Kier alpha value is -2.53. The van der Waals surface area contributed by atoms with Crippen molar-refractivity contribution in [3.8, 4) is 11.8 Å². The van der Waals surface area contributed by atoms with Crippen LogP contribution < -0.4 is 0 Å². The van der Waals surface area contributed by atoms with Gasteiger partial charge in [0.2, 0.25) is 0 Å². The molecule has 0 aliphatic carbocycles. The summed E-state index contributed by atoms with van der Waals surface area (Å²) < 4.78 is 5.07. The normalized spacial score (nSPS) is 11.1. The fourth-order valence-electron chi connectivity index (χ4n) is 2.06. The summed E-state index contributed by atoms with van der Waals surface area (Å²) >= 11 is 0. The molecular formula is C19H18O2. The molecule has 1 unspecified atom stereocenters. The third-order valence-corrected chi connectivity index (χ3v) is 3.27. The highest BCUT2D eigenvalue weighted by Gasteiger charge is 2.05. The minimum absolute atomic E-state index is 0.373. The maximum atomic E-state index is 10.6. The van der Waals surface area contributed by atoms with Gasteiger partial charge in [0.25, 0.3) is 6.47 Å². The van der Waals surface area contributed by atoms with Gasteiger partial charge in [0.05, 0.1) is 0 Å². The Morgan fingerprint density at radius 1 is 1.10 bits per heavy atom. The monoisotopic (exact) mass is 278 g/mol. The predicted molar refractivity (Wildman–Crippen MR) is 83.8 cm³/mol. The van der Waals surface area contributed by atoms with E-state index in [1.165, 1.54) is 5.56 Å². The van der Waals surface area contributed by atoms with E-state index in [1.807, 2.05) is 49.4 Å². The Morgan fingerprint density at radius 2 is 1.81 bits per heavy atom. The van der Waals surface area contributed by atoms with Crippen LogP contribution in [0.5, 0.6) is 0 Å². The van der Waals surface area contributed by atoms with E-state index in [1.54, 1.807) is 0 Å². The zero-order chi connectivity index (χ0) is 14.9. The van der Waals surface area contributed by atoms with Crippen LogP contribution >= 0.6 is 0 Å². The van der Waals surface area contributed by atoms with E-state index in [-0.39, 0.29) is 6.10 Å². The molecule has 21 heavy (non-hydrogen) atoms. The van der Waals surface area contributed by atoms with E-state index in [0.717, 1.165) is 17.5 Å². The fourth-order valence-corrected chi connectivity index (χ4v) is 2.06. The second-order valence-corrected chi connectivity index (χ2v) is 4.83. The minimum atomic E-state index is -0.373. The lowest BCUT2D eigenvalue weighted by molar-refractivity contribution is -0.131. The molecule has 1 atom stereocenters. The van der Waals surface area contributed by atoms with E-state index in [2.05, 4.69) is 24.0 Å². The fraction of sp³-hybridized carbons (Fsp3) is 0.211. The van der Waals surface area contributed by atoms with Gasteiger partial charge in [0, 0.05) is 5.56 Å². The first-order chi connectivity index (χ1) is 10.3. The van der Waals surface area contributed by atoms with Gasteiger partial charge < -0.3 is 4.74 Å². The Kier molecular flexibility index (Phi) is 5.60. The Labute approximate surface area is 125 Å². The summed E-state index contributed by atoms with van der Waals surface area (Å²) in [7, 11) is 0. The van der Waals surface area contributed by atoms with Crippen LogP contribution in [0.3, 0.4) is 0 Å². The second kappa shape index (κ2) is 7.91. The SMILES string of the molecule is Cc1ccccc1C#CC(CCc1ccccc1)OC=O. The first kappa shape index (κ1) is 14.9. The van der Waals surface area contributed by atoms with Gasteiger partial charge >= 0.3 is 0 Å².